The number of ether oxygens (including phenoxy) is 1. The van der Waals surface area contributed by atoms with Crippen LogP contribution in [0.25, 0.3) is 0 Å². The van der Waals surface area contributed by atoms with Gasteiger partial charge in [0.1, 0.15) is 12.4 Å². The van der Waals surface area contributed by atoms with Crippen LogP contribution >= 0.6 is 28.3 Å². The fraction of sp³-hybridized carbons (Fsp3) is 0.364. The summed E-state index contributed by atoms with van der Waals surface area (Å²) >= 11 is 3.35. The van der Waals surface area contributed by atoms with Gasteiger partial charge < -0.3 is 10.1 Å². The van der Waals surface area contributed by atoms with Gasteiger partial charge in [-0.1, -0.05) is 15.9 Å². The van der Waals surface area contributed by atoms with Crippen molar-refractivity contribution in [3.8, 4) is 5.75 Å². The maximum absolute atomic E-state index is 11.9. The highest BCUT2D eigenvalue weighted by Crippen LogP contribution is 2.27. The van der Waals surface area contributed by atoms with E-state index in [1.807, 2.05) is 25.2 Å². The van der Waals surface area contributed by atoms with Crippen LogP contribution in [0.15, 0.2) is 22.7 Å². The zero-order valence-corrected chi connectivity index (χ0v) is 11.2. The number of ketones is 1. The van der Waals surface area contributed by atoms with Crippen LogP contribution in [0, 0.1) is 0 Å². The molecule has 1 N–H and O–H groups in total. The van der Waals surface area contributed by atoms with E-state index in [2.05, 4.69) is 21.2 Å². The highest BCUT2D eigenvalue weighted by molar-refractivity contribution is 9.10. The molecule has 1 aliphatic rings. The van der Waals surface area contributed by atoms with Crippen LogP contribution in [0.1, 0.15) is 16.8 Å². The second-order valence-electron chi connectivity index (χ2n) is 3.56. The zero-order valence-electron chi connectivity index (χ0n) is 8.83. The molecule has 0 aliphatic carbocycles. The molecule has 5 heteroatoms. The molecule has 1 heterocycles. The molecule has 0 saturated carbocycles. The van der Waals surface area contributed by atoms with Crippen LogP contribution in [0.3, 0.4) is 0 Å². The molecule has 3 nitrogen and oxygen atoms in total. The molecule has 1 unspecified atom stereocenters. The maximum atomic E-state index is 11.9. The second kappa shape index (κ2) is 5.66. The molecule has 1 aliphatic heterocycles. The van der Waals surface area contributed by atoms with E-state index in [9.17, 15) is 4.79 Å². The van der Waals surface area contributed by atoms with Gasteiger partial charge in [0.25, 0.3) is 0 Å². The van der Waals surface area contributed by atoms with Crippen molar-refractivity contribution in [3.63, 3.8) is 0 Å². The second-order valence-corrected chi connectivity index (χ2v) is 4.48. The van der Waals surface area contributed by atoms with Crippen molar-refractivity contribution >= 4 is 34.1 Å². The number of benzene rings is 1. The van der Waals surface area contributed by atoms with E-state index >= 15 is 0 Å². The Labute approximate surface area is 109 Å². The molecule has 1 aromatic carbocycles. The third-order valence-corrected chi connectivity index (χ3v) is 3.02. The third kappa shape index (κ3) is 2.75. The smallest absolute Gasteiger partial charge is 0.168 e. The molecule has 0 amide bonds. The Morgan fingerprint density at radius 3 is 2.94 bits per heavy atom. The molecule has 2 rings (SSSR count). The van der Waals surface area contributed by atoms with E-state index in [1.165, 1.54) is 0 Å². The van der Waals surface area contributed by atoms with E-state index in [0.29, 0.717) is 24.3 Å². The van der Waals surface area contributed by atoms with Gasteiger partial charge in [-0.2, -0.15) is 0 Å². The van der Waals surface area contributed by atoms with Crippen molar-refractivity contribution in [3.05, 3.63) is 28.2 Å². The van der Waals surface area contributed by atoms with Gasteiger partial charge in [0.2, 0.25) is 0 Å². The summed E-state index contributed by atoms with van der Waals surface area (Å²) in [4.78, 5) is 11.9. The number of carbonyl (C=O) groups excluding carboxylic acids is 1. The van der Waals surface area contributed by atoms with Crippen LogP contribution in [0.4, 0.5) is 0 Å². The first-order valence-corrected chi connectivity index (χ1v) is 5.63. The standard InChI is InChI=1S/C11H12BrNO2.ClH/c1-13-8-5-10(14)9-4-7(12)2-3-11(9)15-6-8;/h2-4,8,13H,5-6H2,1H3;1H. The summed E-state index contributed by atoms with van der Waals surface area (Å²) in [6.07, 6.45) is 0.486. The van der Waals surface area contributed by atoms with E-state index in [1.54, 1.807) is 0 Å². The number of Topliss-reactive ketones (excluding diaryl/α,β-unsaturated/α-hetero) is 1. The number of hydrogen-bond donors (Lipinski definition) is 1. The normalized spacial score (nSPS) is 19.1. The quantitative estimate of drug-likeness (QED) is 0.866. The van der Waals surface area contributed by atoms with Crippen LogP contribution in [0.2, 0.25) is 0 Å². The molecule has 0 spiro atoms. The predicted octanol–water partition coefficient (Wildman–Crippen LogP) is 2.42. The first-order valence-electron chi connectivity index (χ1n) is 4.83. The van der Waals surface area contributed by atoms with Gasteiger partial charge in [0, 0.05) is 16.9 Å². The number of fused-ring (bicyclic) bond motifs is 1. The molecule has 0 aromatic heterocycles. The Balaban J connectivity index is 0.00000128. The highest BCUT2D eigenvalue weighted by atomic mass is 79.9. The first-order chi connectivity index (χ1) is 7.20. The van der Waals surface area contributed by atoms with Crippen molar-refractivity contribution in [2.24, 2.45) is 0 Å². The molecule has 0 radical (unpaired) electrons. The lowest BCUT2D eigenvalue weighted by molar-refractivity contribution is 0.0972. The number of rotatable bonds is 1. The number of likely N-dealkylation sites (N-methyl/N-ethyl adjacent to an activating group) is 1. The summed E-state index contributed by atoms with van der Waals surface area (Å²) in [7, 11) is 1.84. The van der Waals surface area contributed by atoms with Crippen LogP contribution in [-0.4, -0.2) is 25.5 Å². The Morgan fingerprint density at radius 1 is 1.50 bits per heavy atom. The Kier molecular flexibility index (Phi) is 4.77. The monoisotopic (exact) mass is 305 g/mol. The summed E-state index contributed by atoms with van der Waals surface area (Å²) < 4.78 is 6.48. The lowest BCUT2D eigenvalue weighted by Crippen LogP contribution is -2.32. The van der Waals surface area contributed by atoms with Gasteiger partial charge in [-0.05, 0) is 25.2 Å². The summed E-state index contributed by atoms with van der Waals surface area (Å²) in [6, 6.07) is 5.63. The maximum Gasteiger partial charge on any atom is 0.168 e. The predicted molar refractivity (Wildman–Crippen MR) is 68.7 cm³/mol. The molecular formula is C11H13BrClNO2. The average molecular weight is 307 g/mol. The van der Waals surface area contributed by atoms with Gasteiger partial charge in [0.15, 0.2) is 5.78 Å². The highest BCUT2D eigenvalue weighted by Gasteiger charge is 2.22. The van der Waals surface area contributed by atoms with Gasteiger partial charge in [0.05, 0.1) is 5.56 Å². The Morgan fingerprint density at radius 2 is 2.25 bits per heavy atom. The minimum Gasteiger partial charge on any atom is -0.491 e. The summed E-state index contributed by atoms with van der Waals surface area (Å²) in [6.45, 7) is 0.539. The minimum absolute atomic E-state index is 0. The van der Waals surface area contributed by atoms with Crippen LogP contribution in [0.5, 0.6) is 5.75 Å². The Bertz CT molecular complexity index is 398. The van der Waals surface area contributed by atoms with Crippen molar-refractivity contribution < 1.29 is 9.53 Å². The van der Waals surface area contributed by atoms with Gasteiger partial charge >= 0.3 is 0 Å². The molecule has 88 valence electrons. The number of nitrogens with one attached hydrogen (secondary N) is 1. The fourth-order valence-corrected chi connectivity index (χ4v) is 1.98. The molecule has 0 saturated heterocycles. The number of carbonyl (C=O) groups is 1. The summed E-state index contributed by atoms with van der Waals surface area (Å²) in [5.74, 6) is 0.809. The topological polar surface area (TPSA) is 38.3 Å². The van der Waals surface area contributed by atoms with Crippen molar-refractivity contribution in [1.29, 1.82) is 0 Å². The summed E-state index contributed by atoms with van der Waals surface area (Å²) in [5, 5.41) is 3.07. The van der Waals surface area contributed by atoms with E-state index < -0.39 is 0 Å². The SMILES string of the molecule is CNC1COc2ccc(Br)cc2C(=O)C1.Cl. The first kappa shape index (κ1) is 13.5. The van der Waals surface area contributed by atoms with E-state index in [-0.39, 0.29) is 24.2 Å². The lowest BCUT2D eigenvalue weighted by Gasteiger charge is -2.11. The van der Waals surface area contributed by atoms with Crippen LogP contribution < -0.4 is 10.1 Å². The van der Waals surface area contributed by atoms with Crippen molar-refractivity contribution in [2.45, 2.75) is 12.5 Å². The fourth-order valence-electron chi connectivity index (χ4n) is 1.61. The largest absolute Gasteiger partial charge is 0.491 e. The van der Waals surface area contributed by atoms with Gasteiger partial charge in [-0.3, -0.25) is 4.79 Å². The van der Waals surface area contributed by atoms with Gasteiger partial charge in [-0.15, -0.1) is 12.4 Å². The molecule has 1 aromatic rings. The number of halogens is 2. The molecule has 0 bridgehead atoms. The zero-order chi connectivity index (χ0) is 10.8. The van der Waals surface area contributed by atoms with E-state index in [4.69, 9.17) is 4.74 Å². The van der Waals surface area contributed by atoms with Crippen molar-refractivity contribution in [2.75, 3.05) is 13.7 Å². The third-order valence-electron chi connectivity index (χ3n) is 2.52. The van der Waals surface area contributed by atoms with Crippen LogP contribution in [-0.2, 0) is 0 Å². The van der Waals surface area contributed by atoms with E-state index in [0.717, 1.165) is 4.47 Å². The Hall–Kier alpha value is -0.580. The summed E-state index contributed by atoms with van der Waals surface area (Å²) in [5.41, 5.74) is 0.669. The average Bonchev–Trinajstić information content (AvgIpc) is 2.39. The molecule has 16 heavy (non-hydrogen) atoms. The van der Waals surface area contributed by atoms with Gasteiger partial charge in [-0.25, -0.2) is 0 Å². The number of hydrogen-bond acceptors (Lipinski definition) is 3. The molecule has 0 fully saturated rings. The molecule has 1 atom stereocenters. The minimum atomic E-state index is 0. The van der Waals surface area contributed by atoms with Crippen molar-refractivity contribution in [1.82, 2.24) is 5.32 Å². The lowest BCUT2D eigenvalue weighted by atomic mass is 10.0. The molecular weight excluding hydrogens is 293 g/mol.